The first-order chi connectivity index (χ1) is 8.72. The van der Waals surface area contributed by atoms with Crippen LogP contribution in [0.4, 0.5) is 0 Å². The van der Waals surface area contributed by atoms with Crippen molar-refractivity contribution in [3.05, 3.63) is 28.2 Å². The Hall–Kier alpha value is -0.000000000000000222. The molecule has 1 atom stereocenters. The van der Waals surface area contributed by atoms with Gasteiger partial charge in [0.2, 0.25) is 0 Å². The topological polar surface area (TPSA) is 35.5 Å². The third-order valence-corrected chi connectivity index (χ3v) is 4.22. The fraction of sp³-hybridized carbons (Fsp3) is 0.571. The van der Waals surface area contributed by atoms with Gasteiger partial charge in [-0.15, -0.1) is 24.8 Å². The lowest BCUT2D eigenvalue weighted by atomic mass is 9.99. The highest BCUT2D eigenvalue weighted by Crippen LogP contribution is 2.33. The molecular formula is C14H23BrCl2N2O. The number of halogens is 3. The van der Waals surface area contributed by atoms with Gasteiger partial charge in [0.1, 0.15) is 5.75 Å². The van der Waals surface area contributed by atoms with E-state index in [-0.39, 0.29) is 24.8 Å². The van der Waals surface area contributed by atoms with E-state index in [1.807, 2.05) is 12.1 Å². The first-order valence-electron chi connectivity index (χ1n) is 6.65. The first-order valence-corrected chi connectivity index (χ1v) is 7.45. The van der Waals surface area contributed by atoms with E-state index in [4.69, 9.17) is 0 Å². The number of hydrogen-bond acceptors (Lipinski definition) is 3. The maximum atomic E-state index is 9.70. The second-order valence-electron chi connectivity index (χ2n) is 4.80. The Morgan fingerprint density at radius 2 is 1.95 bits per heavy atom. The third kappa shape index (κ3) is 5.08. The van der Waals surface area contributed by atoms with Crippen LogP contribution in [-0.2, 0) is 0 Å². The maximum absolute atomic E-state index is 9.70. The SMILES string of the molecule is CCC[C@@H](c1cc(O)ccc1Br)N1CCNCC1.Cl.Cl. The van der Waals surface area contributed by atoms with Gasteiger partial charge in [0.05, 0.1) is 0 Å². The van der Waals surface area contributed by atoms with Crippen LogP contribution in [0.3, 0.4) is 0 Å². The molecule has 1 aliphatic rings. The third-order valence-electron chi connectivity index (χ3n) is 3.49. The van der Waals surface area contributed by atoms with E-state index in [0.717, 1.165) is 43.5 Å². The number of hydrogen-bond donors (Lipinski definition) is 2. The van der Waals surface area contributed by atoms with E-state index in [1.54, 1.807) is 6.07 Å². The van der Waals surface area contributed by atoms with Gasteiger partial charge in [0.15, 0.2) is 0 Å². The summed E-state index contributed by atoms with van der Waals surface area (Å²) >= 11 is 3.61. The summed E-state index contributed by atoms with van der Waals surface area (Å²) in [5.41, 5.74) is 1.21. The van der Waals surface area contributed by atoms with Crippen molar-refractivity contribution >= 4 is 40.7 Å². The second kappa shape index (κ2) is 9.85. The summed E-state index contributed by atoms with van der Waals surface area (Å²) in [5.74, 6) is 0.351. The molecule has 2 rings (SSSR count). The Morgan fingerprint density at radius 3 is 2.55 bits per heavy atom. The summed E-state index contributed by atoms with van der Waals surface area (Å²) in [6.07, 6.45) is 2.28. The van der Waals surface area contributed by atoms with Crippen LogP contribution in [0.1, 0.15) is 31.4 Å². The van der Waals surface area contributed by atoms with Gasteiger partial charge in [-0.25, -0.2) is 0 Å². The number of phenols is 1. The smallest absolute Gasteiger partial charge is 0.115 e. The Bertz CT molecular complexity index is 401. The Morgan fingerprint density at radius 1 is 1.30 bits per heavy atom. The zero-order valence-electron chi connectivity index (χ0n) is 11.6. The lowest BCUT2D eigenvalue weighted by molar-refractivity contribution is 0.164. The number of piperazine rings is 1. The summed E-state index contributed by atoms with van der Waals surface area (Å²) in [6.45, 7) is 6.47. The van der Waals surface area contributed by atoms with Gasteiger partial charge in [0.25, 0.3) is 0 Å². The quantitative estimate of drug-likeness (QED) is 0.828. The van der Waals surface area contributed by atoms with Crippen molar-refractivity contribution in [2.45, 2.75) is 25.8 Å². The van der Waals surface area contributed by atoms with Crippen molar-refractivity contribution < 1.29 is 5.11 Å². The van der Waals surface area contributed by atoms with E-state index >= 15 is 0 Å². The van der Waals surface area contributed by atoms with E-state index in [9.17, 15) is 5.11 Å². The number of nitrogens with one attached hydrogen (secondary N) is 1. The highest BCUT2D eigenvalue weighted by Gasteiger charge is 2.23. The van der Waals surface area contributed by atoms with Gasteiger partial charge in [-0.2, -0.15) is 0 Å². The molecule has 1 aromatic rings. The molecule has 0 aromatic heterocycles. The molecule has 0 saturated carbocycles. The standard InChI is InChI=1S/C14H21BrN2O.2ClH/c1-2-3-14(17-8-6-16-7-9-17)12-10-11(18)4-5-13(12)15;;/h4-5,10,14,16,18H,2-3,6-9H2,1H3;2*1H/t14-;;/m0../s1. The number of phenolic OH excluding ortho intramolecular Hbond substituents is 1. The monoisotopic (exact) mass is 384 g/mol. The van der Waals surface area contributed by atoms with Crippen LogP contribution < -0.4 is 5.32 Å². The summed E-state index contributed by atoms with van der Waals surface area (Å²) in [5, 5.41) is 13.1. The number of nitrogens with zero attached hydrogens (tertiary/aromatic N) is 1. The van der Waals surface area contributed by atoms with Crippen molar-refractivity contribution in [3.8, 4) is 5.75 Å². The fourth-order valence-electron chi connectivity index (χ4n) is 2.59. The lowest BCUT2D eigenvalue weighted by Crippen LogP contribution is -2.45. The molecule has 20 heavy (non-hydrogen) atoms. The normalized spacial score (nSPS) is 16.9. The summed E-state index contributed by atoms with van der Waals surface area (Å²) in [7, 11) is 0. The average Bonchev–Trinajstić information content (AvgIpc) is 2.40. The van der Waals surface area contributed by atoms with Gasteiger partial charge in [-0.05, 0) is 30.2 Å². The van der Waals surface area contributed by atoms with Gasteiger partial charge in [-0.1, -0.05) is 29.3 Å². The minimum atomic E-state index is 0. The molecule has 2 N–H and O–H groups in total. The number of aromatic hydroxyl groups is 1. The van der Waals surface area contributed by atoms with Gasteiger partial charge in [-0.3, -0.25) is 4.90 Å². The van der Waals surface area contributed by atoms with Gasteiger partial charge in [0, 0.05) is 36.7 Å². The molecule has 0 unspecified atom stereocenters. The molecule has 0 aliphatic carbocycles. The zero-order chi connectivity index (χ0) is 13.0. The van der Waals surface area contributed by atoms with E-state index in [2.05, 4.69) is 33.1 Å². The highest BCUT2D eigenvalue weighted by atomic mass is 79.9. The van der Waals surface area contributed by atoms with Crippen LogP contribution in [0.25, 0.3) is 0 Å². The molecule has 1 aromatic carbocycles. The van der Waals surface area contributed by atoms with E-state index < -0.39 is 0 Å². The molecule has 0 radical (unpaired) electrons. The van der Waals surface area contributed by atoms with Crippen LogP contribution in [0, 0.1) is 0 Å². The molecular weight excluding hydrogens is 363 g/mol. The summed E-state index contributed by atoms with van der Waals surface area (Å²) < 4.78 is 1.09. The van der Waals surface area contributed by atoms with Crippen LogP contribution in [0.5, 0.6) is 5.75 Å². The molecule has 1 saturated heterocycles. The molecule has 0 spiro atoms. The molecule has 116 valence electrons. The predicted octanol–water partition coefficient (Wildman–Crippen LogP) is 3.74. The second-order valence-corrected chi connectivity index (χ2v) is 5.65. The zero-order valence-corrected chi connectivity index (χ0v) is 14.9. The molecule has 0 amide bonds. The average molecular weight is 386 g/mol. The maximum Gasteiger partial charge on any atom is 0.115 e. The minimum Gasteiger partial charge on any atom is -0.508 e. The van der Waals surface area contributed by atoms with E-state index in [1.165, 1.54) is 5.56 Å². The van der Waals surface area contributed by atoms with Gasteiger partial charge >= 0.3 is 0 Å². The van der Waals surface area contributed by atoms with E-state index in [0.29, 0.717) is 11.8 Å². The predicted molar refractivity (Wildman–Crippen MR) is 92.4 cm³/mol. The molecule has 3 nitrogen and oxygen atoms in total. The van der Waals surface area contributed by atoms with Crippen molar-refractivity contribution in [1.82, 2.24) is 10.2 Å². The molecule has 1 fully saturated rings. The lowest BCUT2D eigenvalue weighted by Gasteiger charge is -2.35. The Labute approximate surface area is 142 Å². The molecule has 1 aliphatic heterocycles. The van der Waals surface area contributed by atoms with Crippen molar-refractivity contribution in [1.29, 1.82) is 0 Å². The Balaban J connectivity index is 0.00000180. The summed E-state index contributed by atoms with van der Waals surface area (Å²) in [6, 6.07) is 5.97. The highest BCUT2D eigenvalue weighted by molar-refractivity contribution is 9.10. The van der Waals surface area contributed by atoms with Crippen LogP contribution in [-0.4, -0.2) is 36.2 Å². The van der Waals surface area contributed by atoms with Crippen LogP contribution in [0.15, 0.2) is 22.7 Å². The van der Waals surface area contributed by atoms with Crippen molar-refractivity contribution in [3.63, 3.8) is 0 Å². The van der Waals surface area contributed by atoms with Crippen LogP contribution in [0.2, 0.25) is 0 Å². The van der Waals surface area contributed by atoms with Gasteiger partial charge < -0.3 is 10.4 Å². The minimum absolute atomic E-state index is 0. The molecule has 1 heterocycles. The largest absolute Gasteiger partial charge is 0.508 e. The number of rotatable bonds is 4. The molecule has 0 bridgehead atoms. The first kappa shape index (κ1) is 20.0. The van der Waals surface area contributed by atoms with Crippen molar-refractivity contribution in [2.75, 3.05) is 26.2 Å². The Kier molecular flexibility index (Phi) is 9.85. The summed E-state index contributed by atoms with van der Waals surface area (Å²) in [4.78, 5) is 2.51. The number of benzene rings is 1. The van der Waals surface area contributed by atoms with Crippen molar-refractivity contribution in [2.24, 2.45) is 0 Å². The fourth-order valence-corrected chi connectivity index (χ4v) is 3.10. The molecule has 6 heteroatoms. The van der Waals surface area contributed by atoms with Crippen LogP contribution >= 0.6 is 40.7 Å².